The summed E-state index contributed by atoms with van der Waals surface area (Å²) in [6, 6.07) is 0. The zero-order valence-corrected chi connectivity index (χ0v) is 17.4. The molecule has 138 valence electrons. The molecule has 0 unspecified atom stereocenters. The van der Waals surface area contributed by atoms with Crippen molar-refractivity contribution in [1.82, 2.24) is 19.5 Å². The fraction of sp³-hybridized carbons (Fsp3) is 0.529. The van der Waals surface area contributed by atoms with Crippen molar-refractivity contribution in [3.05, 3.63) is 14.7 Å². The first kappa shape index (κ1) is 18.1. The molecule has 4 rings (SSSR count). The van der Waals surface area contributed by atoms with E-state index in [-0.39, 0.29) is 0 Å². The number of morpholine rings is 1. The highest BCUT2D eigenvalue weighted by atomic mass is 127. The van der Waals surface area contributed by atoms with Crippen LogP contribution in [0, 0.1) is 11.3 Å². The molecule has 3 heterocycles. The smallest absolute Gasteiger partial charge is 0.205 e. The molecule has 9 heteroatoms. The lowest BCUT2D eigenvalue weighted by molar-refractivity contribution is 0.122. The maximum Gasteiger partial charge on any atom is 0.205 e. The van der Waals surface area contributed by atoms with Crippen LogP contribution >= 0.6 is 34.2 Å². The molecule has 26 heavy (non-hydrogen) atoms. The molecule has 2 aromatic rings. The van der Waals surface area contributed by atoms with Gasteiger partial charge in [-0.25, -0.2) is 15.0 Å². The molecule has 7 nitrogen and oxygen atoms in total. The molecule has 1 aliphatic heterocycles. The third-order valence-electron chi connectivity index (χ3n) is 4.73. The minimum atomic E-state index is 0.458. The Morgan fingerprint density at radius 3 is 2.65 bits per heavy atom. The van der Waals surface area contributed by atoms with Crippen LogP contribution in [0.1, 0.15) is 25.6 Å². The number of nitrogens with zero attached hydrogens (tertiary/aromatic N) is 5. The number of imidazole rings is 1. The largest absolute Gasteiger partial charge is 0.378 e. The van der Waals surface area contributed by atoms with Crippen LogP contribution < -0.4 is 4.90 Å². The highest BCUT2D eigenvalue weighted by molar-refractivity contribution is 14.1. The van der Waals surface area contributed by atoms with Gasteiger partial charge < -0.3 is 15.0 Å². The van der Waals surface area contributed by atoms with Gasteiger partial charge in [-0.05, 0) is 59.9 Å². The molecule has 0 atom stereocenters. The molecule has 0 bridgehead atoms. The predicted octanol–water partition coefficient (Wildman–Crippen LogP) is 3.54. The van der Waals surface area contributed by atoms with Crippen LogP contribution in [0.15, 0.2) is 3.58 Å². The van der Waals surface area contributed by atoms with Crippen LogP contribution in [0.2, 0.25) is 5.28 Å². The van der Waals surface area contributed by atoms with Crippen molar-refractivity contribution in [2.24, 2.45) is 5.92 Å². The number of ether oxygens (including phenoxy) is 1. The Morgan fingerprint density at radius 2 is 2.04 bits per heavy atom. The SMILES string of the molecule is C/C(I)=C(\C=N)c1nc(N2CCOCC2)c2nc(Cl)n(CC3CC3)c2n1. The quantitative estimate of drug-likeness (QED) is 0.397. The molecule has 2 aliphatic rings. The molecule has 1 saturated carbocycles. The minimum Gasteiger partial charge on any atom is -0.378 e. The number of fused-ring (bicyclic) bond motifs is 1. The normalized spacial score (nSPS) is 19.0. The van der Waals surface area contributed by atoms with E-state index in [1.54, 1.807) is 0 Å². The Morgan fingerprint density at radius 1 is 1.31 bits per heavy atom. The van der Waals surface area contributed by atoms with Crippen LogP contribution in [-0.4, -0.2) is 52.0 Å². The van der Waals surface area contributed by atoms with Crippen molar-refractivity contribution < 1.29 is 4.74 Å². The van der Waals surface area contributed by atoms with E-state index < -0.39 is 0 Å². The number of nitrogens with one attached hydrogen (secondary N) is 1. The minimum absolute atomic E-state index is 0.458. The van der Waals surface area contributed by atoms with Gasteiger partial charge in [-0.1, -0.05) is 0 Å². The molecular weight excluding hydrogens is 467 g/mol. The Hall–Kier alpha value is -1.26. The maximum absolute atomic E-state index is 7.78. The van der Waals surface area contributed by atoms with Gasteiger partial charge in [0, 0.05) is 35.0 Å². The highest BCUT2D eigenvalue weighted by Gasteiger charge is 2.27. The first-order chi connectivity index (χ1) is 12.6. The van der Waals surface area contributed by atoms with E-state index in [0.29, 0.717) is 30.2 Å². The molecule has 1 N–H and O–H groups in total. The highest BCUT2D eigenvalue weighted by Crippen LogP contribution is 2.35. The number of hydrogen-bond donors (Lipinski definition) is 1. The maximum atomic E-state index is 7.78. The summed E-state index contributed by atoms with van der Waals surface area (Å²) in [5, 5.41) is 8.24. The second-order valence-corrected chi connectivity index (χ2v) is 8.62. The average Bonchev–Trinajstić information content (AvgIpc) is 3.40. The van der Waals surface area contributed by atoms with Gasteiger partial charge in [0.15, 0.2) is 22.8 Å². The van der Waals surface area contributed by atoms with Gasteiger partial charge in [-0.15, -0.1) is 0 Å². The Kier molecular flexibility index (Phi) is 5.15. The first-order valence-corrected chi connectivity index (χ1v) is 10.2. The van der Waals surface area contributed by atoms with Gasteiger partial charge in [0.25, 0.3) is 0 Å². The molecule has 1 aliphatic carbocycles. The number of rotatable bonds is 5. The monoisotopic (exact) mass is 486 g/mol. The summed E-state index contributed by atoms with van der Waals surface area (Å²) in [5.41, 5.74) is 2.21. The molecule has 2 fully saturated rings. The zero-order valence-electron chi connectivity index (χ0n) is 14.5. The lowest BCUT2D eigenvalue weighted by Crippen LogP contribution is -2.37. The third-order valence-corrected chi connectivity index (χ3v) is 5.60. The predicted molar refractivity (Wildman–Crippen MR) is 111 cm³/mol. The summed E-state index contributed by atoms with van der Waals surface area (Å²) in [7, 11) is 0. The topological polar surface area (TPSA) is 79.9 Å². The van der Waals surface area contributed by atoms with Crippen LogP contribution in [0.25, 0.3) is 16.7 Å². The number of anilines is 1. The number of hydrogen-bond acceptors (Lipinski definition) is 6. The standard InChI is InChI=1S/C17H20ClIN6O/c1-10(19)12(8-20)14-22-15(24-4-6-26-7-5-24)13-16(23-14)25(17(18)21-13)9-11-2-3-11/h8,11,20H,2-7,9H2,1H3/b12-10-,20-8?. The summed E-state index contributed by atoms with van der Waals surface area (Å²) >= 11 is 8.67. The van der Waals surface area contributed by atoms with Crippen LogP contribution in [-0.2, 0) is 11.3 Å². The van der Waals surface area contributed by atoms with Crippen molar-refractivity contribution in [3.63, 3.8) is 0 Å². The van der Waals surface area contributed by atoms with Gasteiger partial charge in [0.05, 0.1) is 13.2 Å². The molecule has 1 saturated heterocycles. The Labute approximate surface area is 170 Å². The van der Waals surface area contributed by atoms with Crippen molar-refractivity contribution in [2.75, 3.05) is 31.2 Å². The second kappa shape index (κ2) is 7.40. The fourth-order valence-electron chi connectivity index (χ4n) is 3.11. The Bertz CT molecular complexity index is 881. The van der Waals surface area contributed by atoms with E-state index in [9.17, 15) is 0 Å². The van der Waals surface area contributed by atoms with Crippen LogP contribution in [0.3, 0.4) is 0 Å². The van der Waals surface area contributed by atoms with E-state index >= 15 is 0 Å². The molecule has 0 amide bonds. The zero-order chi connectivity index (χ0) is 18.3. The van der Waals surface area contributed by atoms with E-state index in [0.717, 1.165) is 45.8 Å². The number of halogens is 2. The van der Waals surface area contributed by atoms with Crippen LogP contribution in [0.4, 0.5) is 5.82 Å². The first-order valence-electron chi connectivity index (χ1n) is 8.72. The van der Waals surface area contributed by atoms with Crippen molar-refractivity contribution in [2.45, 2.75) is 26.3 Å². The number of allylic oxidation sites excluding steroid dienone is 2. The molecule has 0 aromatic carbocycles. The molecule has 0 spiro atoms. The summed E-state index contributed by atoms with van der Waals surface area (Å²) < 4.78 is 8.45. The molecule has 0 radical (unpaired) electrons. The van der Waals surface area contributed by atoms with E-state index in [1.165, 1.54) is 19.1 Å². The summed E-state index contributed by atoms with van der Waals surface area (Å²) in [5.74, 6) is 1.98. The van der Waals surface area contributed by atoms with E-state index in [2.05, 4.69) is 32.5 Å². The van der Waals surface area contributed by atoms with Gasteiger partial charge in [-0.2, -0.15) is 0 Å². The van der Waals surface area contributed by atoms with Gasteiger partial charge in [0.1, 0.15) is 0 Å². The van der Waals surface area contributed by atoms with Gasteiger partial charge in [-0.3, -0.25) is 4.57 Å². The fourth-order valence-corrected chi connectivity index (χ4v) is 3.74. The van der Waals surface area contributed by atoms with E-state index in [1.807, 2.05) is 11.5 Å². The van der Waals surface area contributed by atoms with Gasteiger partial charge in [0.2, 0.25) is 5.28 Å². The van der Waals surface area contributed by atoms with Crippen molar-refractivity contribution in [3.8, 4) is 0 Å². The van der Waals surface area contributed by atoms with Crippen molar-refractivity contribution >= 4 is 63.0 Å². The summed E-state index contributed by atoms with van der Waals surface area (Å²) in [6.45, 7) is 5.63. The molecular formula is C17H20ClIN6O. The van der Waals surface area contributed by atoms with Crippen LogP contribution in [0.5, 0.6) is 0 Å². The Balaban J connectivity index is 1.91. The lowest BCUT2D eigenvalue weighted by atomic mass is 10.2. The van der Waals surface area contributed by atoms with Crippen molar-refractivity contribution in [1.29, 1.82) is 5.41 Å². The third kappa shape index (κ3) is 3.46. The average molecular weight is 487 g/mol. The molecule has 2 aromatic heterocycles. The van der Waals surface area contributed by atoms with Gasteiger partial charge >= 0.3 is 0 Å². The summed E-state index contributed by atoms with van der Waals surface area (Å²) in [4.78, 5) is 16.3. The second-order valence-electron chi connectivity index (χ2n) is 6.67. The lowest BCUT2D eigenvalue weighted by Gasteiger charge is -2.28. The van der Waals surface area contributed by atoms with E-state index in [4.69, 9.17) is 31.7 Å². The number of aromatic nitrogens is 4. The summed E-state index contributed by atoms with van der Waals surface area (Å²) in [6.07, 6.45) is 3.76.